The van der Waals surface area contributed by atoms with Crippen LogP contribution in [0, 0.1) is 6.92 Å². The van der Waals surface area contributed by atoms with Gasteiger partial charge in [0.2, 0.25) is 5.91 Å². The van der Waals surface area contributed by atoms with Crippen LogP contribution in [0.2, 0.25) is 0 Å². The normalized spacial score (nSPS) is 11.3. The molecule has 2 aromatic rings. The van der Waals surface area contributed by atoms with Gasteiger partial charge in [0, 0.05) is 16.7 Å². The van der Waals surface area contributed by atoms with Gasteiger partial charge in [-0.2, -0.15) is 13.2 Å². The standard InChI is InChI=1S/C15H12BrF3N2O2/c1-9-2-4-12(11(16)6-9)20-13(22)8-21-7-10(15(17,18)19)3-5-14(21)23/h2-7H,8H2,1H3,(H,20,22). The molecule has 1 N–H and O–H groups in total. The fourth-order valence-electron chi connectivity index (χ4n) is 1.89. The van der Waals surface area contributed by atoms with Crippen molar-refractivity contribution in [1.82, 2.24) is 4.57 Å². The molecule has 23 heavy (non-hydrogen) atoms. The van der Waals surface area contributed by atoms with Crippen molar-refractivity contribution < 1.29 is 18.0 Å². The van der Waals surface area contributed by atoms with Crippen molar-refractivity contribution in [2.75, 3.05) is 5.32 Å². The van der Waals surface area contributed by atoms with Crippen molar-refractivity contribution in [2.24, 2.45) is 0 Å². The molecular formula is C15H12BrF3N2O2. The fraction of sp³-hybridized carbons (Fsp3) is 0.200. The van der Waals surface area contributed by atoms with Gasteiger partial charge in [-0.3, -0.25) is 9.59 Å². The molecule has 0 unspecified atom stereocenters. The molecule has 0 aliphatic carbocycles. The zero-order valence-corrected chi connectivity index (χ0v) is 13.5. The van der Waals surface area contributed by atoms with E-state index in [0.29, 0.717) is 22.4 Å². The third-order valence-corrected chi connectivity index (χ3v) is 3.68. The highest BCUT2D eigenvalue weighted by Gasteiger charge is 2.31. The van der Waals surface area contributed by atoms with E-state index >= 15 is 0 Å². The maximum atomic E-state index is 12.7. The first-order chi connectivity index (χ1) is 10.7. The van der Waals surface area contributed by atoms with Gasteiger partial charge in [0.1, 0.15) is 6.54 Å². The van der Waals surface area contributed by atoms with E-state index in [0.717, 1.165) is 16.2 Å². The van der Waals surface area contributed by atoms with E-state index in [1.54, 1.807) is 18.2 Å². The summed E-state index contributed by atoms with van der Waals surface area (Å²) in [4.78, 5) is 23.6. The maximum absolute atomic E-state index is 12.7. The smallest absolute Gasteiger partial charge is 0.324 e. The predicted molar refractivity (Wildman–Crippen MR) is 83.2 cm³/mol. The Labute approximate surface area is 138 Å². The minimum atomic E-state index is -4.58. The number of pyridine rings is 1. The van der Waals surface area contributed by atoms with E-state index in [1.807, 2.05) is 6.92 Å². The highest BCUT2D eigenvalue weighted by molar-refractivity contribution is 9.10. The number of hydrogen-bond acceptors (Lipinski definition) is 2. The monoisotopic (exact) mass is 388 g/mol. The molecule has 1 amide bonds. The molecule has 0 radical (unpaired) electrons. The van der Waals surface area contributed by atoms with Gasteiger partial charge in [-0.15, -0.1) is 0 Å². The first-order valence-electron chi connectivity index (χ1n) is 6.50. The maximum Gasteiger partial charge on any atom is 0.417 e. The number of benzene rings is 1. The number of hydrogen-bond donors (Lipinski definition) is 1. The molecule has 1 aromatic heterocycles. The van der Waals surface area contributed by atoms with E-state index < -0.39 is 29.8 Å². The van der Waals surface area contributed by atoms with Crippen LogP contribution in [0.15, 0.2) is 45.8 Å². The molecule has 2 rings (SSSR count). The van der Waals surface area contributed by atoms with Gasteiger partial charge in [0.25, 0.3) is 5.56 Å². The zero-order chi connectivity index (χ0) is 17.2. The van der Waals surface area contributed by atoms with E-state index in [9.17, 15) is 22.8 Å². The molecule has 122 valence electrons. The molecule has 0 saturated heterocycles. The third-order valence-electron chi connectivity index (χ3n) is 3.02. The Hall–Kier alpha value is -2.09. The number of aromatic nitrogens is 1. The van der Waals surface area contributed by atoms with Crippen LogP contribution in [0.25, 0.3) is 0 Å². The zero-order valence-electron chi connectivity index (χ0n) is 11.9. The van der Waals surface area contributed by atoms with E-state index in [2.05, 4.69) is 21.2 Å². The van der Waals surface area contributed by atoms with Crippen LogP contribution in [0.4, 0.5) is 18.9 Å². The summed E-state index contributed by atoms with van der Waals surface area (Å²) >= 11 is 3.28. The van der Waals surface area contributed by atoms with Crippen LogP contribution in [0.5, 0.6) is 0 Å². The van der Waals surface area contributed by atoms with E-state index in [1.165, 1.54) is 0 Å². The molecule has 1 aromatic carbocycles. The molecule has 0 aliphatic rings. The third kappa shape index (κ3) is 4.44. The van der Waals surface area contributed by atoms with Gasteiger partial charge in [0.05, 0.1) is 11.3 Å². The van der Waals surface area contributed by atoms with Gasteiger partial charge < -0.3 is 9.88 Å². The molecule has 0 aliphatic heterocycles. The number of nitrogens with zero attached hydrogens (tertiary/aromatic N) is 1. The molecule has 0 fully saturated rings. The van der Waals surface area contributed by atoms with Crippen molar-refractivity contribution >= 4 is 27.5 Å². The lowest BCUT2D eigenvalue weighted by Crippen LogP contribution is -2.28. The summed E-state index contributed by atoms with van der Waals surface area (Å²) < 4.78 is 39.3. The molecule has 0 atom stereocenters. The largest absolute Gasteiger partial charge is 0.417 e. The number of aryl methyl sites for hydroxylation is 1. The Balaban J connectivity index is 2.18. The summed E-state index contributed by atoms with van der Waals surface area (Å²) in [5.41, 5.74) is -0.220. The fourth-order valence-corrected chi connectivity index (χ4v) is 2.48. The van der Waals surface area contributed by atoms with E-state index in [4.69, 9.17) is 0 Å². The summed E-state index contributed by atoms with van der Waals surface area (Å²) in [5, 5.41) is 2.54. The average Bonchev–Trinajstić information content (AvgIpc) is 2.43. The lowest BCUT2D eigenvalue weighted by molar-refractivity contribution is -0.138. The van der Waals surface area contributed by atoms with Gasteiger partial charge in [0.15, 0.2) is 0 Å². The number of anilines is 1. The number of carbonyl (C=O) groups is 1. The number of carbonyl (C=O) groups excluding carboxylic acids is 1. The second-order valence-electron chi connectivity index (χ2n) is 4.91. The number of rotatable bonds is 3. The first-order valence-corrected chi connectivity index (χ1v) is 7.30. The number of alkyl halides is 3. The lowest BCUT2D eigenvalue weighted by Gasteiger charge is -2.12. The van der Waals surface area contributed by atoms with Gasteiger partial charge in [-0.1, -0.05) is 6.07 Å². The Kier molecular flexibility index (Phi) is 4.93. The van der Waals surface area contributed by atoms with Crippen LogP contribution in [0.1, 0.15) is 11.1 Å². The van der Waals surface area contributed by atoms with E-state index in [-0.39, 0.29) is 0 Å². The highest BCUT2D eigenvalue weighted by atomic mass is 79.9. The predicted octanol–water partition coefficient (Wildman–Crippen LogP) is 3.58. The topological polar surface area (TPSA) is 51.1 Å². The minimum absolute atomic E-state index is 0.473. The number of halogens is 4. The summed E-state index contributed by atoms with van der Waals surface area (Å²) in [6.07, 6.45) is -3.95. The molecular weight excluding hydrogens is 377 g/mol. The quantitative estimate of drug-likeness (QED) is 0.873. The Morgan fingerprint density at radius 3 is 2.57 bits per heavy atom. The molecule has 0 bridgehead atoms. The van der Waals surface area contributed by atoms with Crippen LogP contribution in [-0.4, -0.2) is 10.5 Å². The van der Waals surface area contributed by atoms with Gasteiger partial charge in [-0.25, -0.2) is 0 Å². The van der Waals surface area contributed by atoms with Crippen molar-refractivity contribution in [1.29, 1.82) is 0 Å². The minimum Gasteiger partial charge on any atom is -0.324 e. The van der Waals surface area contributed by atoms with Crippen LogP contribution in [-0.2, 0) is 17.5 Å². The molecule has 8 heteroatoms. The second kappa shape index (κ2) is 6.57. The van der Waals surface area contributed by atoms with Crippen molar-refractivity contribution in [3.63, 3.8) is 0 Å². The second-order valence-corrected chi connectivity index (χ2v) is 5.77. The molecule has 0 spiro atoms. The molecule has 1 heterocycles. The Bertz CT molecular complexity index is 800. The average molecular weight is 389 g/mol. The SMILES string of the molecule is Cc1ccc(NC(=O)Cn2cc(C(F)(F)F)ccc2=O)c(Br)c1. The summed E-state index contributed by atoms with van der Waals surface area (Å²) in [5.74, 6) is -0.601. The summed E-state index contributed by atoms with van der Waals surface area (Å²) in [7, 11) is 0. The van der Waals surface area contributed by atoms with Gasteiger partial charge >= 0.3 is 6.18 Å². The van der Waals surface area contributed by atoms with Crippen molar-refractivity contribution in [3.05, 3.63) is 62.5 Å². The molecule has 4 nitrogen and oxygen atoms in total. The van der Waals surface area contributed by atoms with Crippen LogP contribution >= 0.6 is 15.9 Å². The molecule has 0 saturated carbocycles. The van der Waals surface area contributed by atoms with Crippen LogP contribution < -0.4 is 10.9 Å². The Morgan fingerprint density at radius 1 is 1.26 bits per heavy atom. The van der Waals surface area contributed by atoms with Gasteiger partial charge in [-0.05, 0) is 46.6 Å². The first kappa shape index (κ1) is 17.3. The van der Waals surface area contributed by atoms with Crippen molar-refractivity contribution in [3.8, 4) is 0 Å². The van der Waals surface area contributed by atoms with Crippen LogP contribution in [0.3, 0.4) is 0 Å². The number of amides is 1. The summed E-state index contributed by atoms with van der Waals surface area (Å²) in [6, 6.07) is 6.69. The Morgan fingerprint density at radius 2 is 1.96 bits per heavy atom. The summed E-state index contributed by atoms with van der Waals surface area (Å²) in [6.45, 7) is 1.36. The highest BCUT2D eigenvalue weighted by Crippen LogP contribution is 2.28. The lowest BCUT2D eigenvalue weighted by atomic mass is 10.2. The number of nitrogens with one attached hydrogen (secondary N) is 1. The van der Waals surface area contributed by atoms with Crippen molar-refractivity contribution in [2.45, 2.75) is 19.6 Å².